The summed E-state index contributed by atoms with van der Waals surface area (Å²) in [6, 6.07) is 3.19. The lowest BCUT2D eigenvalue weighted by Crippen LogP contribution is -2.22. The Morgan fingerprint density at radius 3 is 2.73 bits per heavy atom. The summed E-state index contributed by atoms with van der Waals surface area (Å²) in [7, 11) is 1.19. The molecule has 6 nitrogen and oxygen atoms in total. The molecule has 1 unspecified atom stereocenters. The predicted octanol–water partition coefficient (Wildman–Crippen LogP) is 1.12. The summed E-state index contributed by atoms with van der Waals surface area (Å²) in [4.78, 5) is 21.1. The van der Waals surface area contributed by atoms with E-state index in [1.807, 2.05) is 0 Å². The Kier molecular flexibility index (Phi) is 3.43. The van der Waals surface area contributed by atoms with Gasteiger partial charge in [0.15, 0.2) is 5.92 Å². The van der Waals surface area contributed by atoms with E-state index in [-0.39, 0.29) is 5.76 Å². The van der Waals surface area contributed by atoms with E-state index >= 15 is 0 Å². The smallest absolute Gasteiger partial charge is 0.323 e. The van der Waals surface area contributed by atoms with Gasteiger partial charge in [-0.2, -0.15) is 0 Å². The predicted molar refractivity (Wildman–Crippen MR) is 50.1 cm³/mol. The van der Waals surface area contributed by atoms with Crippen molar-refractivity contribution in [1.29, 1.82) is 0 Å². The van der Waals surface area contributed by atoms with Gasteiger partial charge in [-0.05, 0) is 19.1 Å². The summed E-state index contributed by atoms with van der Waals surface area (Å²) in [5, 5.41) is 10.4. The van der Waals surface area contributed by atoms with Crippen LogP contribution in [0.25, 0.3) is 0 Å². The lowest BCUT2D eigenvalue weighted by Gasteiger charge is -2.07. The Labute approximate surface area is 86.0 Å². The molecular formula is C9H11NO5. The number of carbonyl (C=O) groups excluding carboxylic acids is 1. The maximum atomic E-state index is 11.3. The molecule has 1 rings (SSSR count). The summed E-state index contributed by atoms with van der Waals surface area (Å²) in [5.41, 5.74) is 0. The van der Waals surface area contributed by atoms with Crippen LogP contribution in [0.1, 0.15) is 17.4 Å². The highest BCUT2D eigenvalue weighted by atomic mass is 16.6. The van der Waals surface area contributed by atoms with Crippen molar-refractivity contribution in [2.45, 2.75) is 12.8 Å². The van der Waals surface area contributed by atoms with E-state index in [0.29, 0.717) is 5.76 Å². The summed E-state index contributed by atoms with van der Waals surface area (Å²) in [5.74, 6) is -0.780. The Hall–Kier alpha value is -1.85. The van der Waals surface area contributed by atoms with Crippen LogP contribution in [0.15, 0.2) is 16.5 Å². The average Bonchev–Trinajstić information content (AvgIpc) is 2.59. The fourth-order valence-corrected chi connectivity index (χ4v) is 1.21. The molecule has 82 valence electrons. The van der Waals surface area contributed by atoms with Gasteiger partial charge in [-0.25, -0.2) is 0 Å². The number of nitro groups is 1. The molecule has 1 aromatic rings. The van der Waals surface area contributed by atoms with Gasteiger partial charge in [-0.15, -0.1) is 0 Å². The van der Waals surface area contributed by atoms with Gasteiger partial charge in [0.25, 0.3) is 0 Å². The lowest BCUT2D eigenvalue weighted by molar-refractivity contribution is -0.482. The van der Waals surface area contributed by atoms with Gasteiger partial charge in [0, 0.05) is 4.92 Å². The Morgan fingerprint density at radius 1 is 1.67 bits per heavy atom. The molecule has 0 saturated heterocycles. The van der Waals surface area contributed by atoms with Crippen molar-refractivity contribution >= 4 is 5.97 Å². The number of carbonyl (C=O) groups is 1. The summed E-state index contributed by atoms with van der Waals surface area (Å²) >= 11 is 0. The molecule has 0 fully saturated rings. The highest BCUT2D eigenvalue weighted by Crippen LogP contribution is 2.20. The molecule has 0 spiro atoms. The molecule has 0 aromatic carbocycles. The SMILES string of the molecule is COC(=O)C(C[N+](=O)[O-])c1ccc(C)o1. The zero-order valence-corrected chi connectivity index (χ0v) is 8.43. The number of esters is 1. The first-order chi connectivity index (χ1) is 7.04. The number of methoxy groups -OCH3 is 1. The third-order valence-electron chi connectivity index (χ3n) is 1.92. The highest BCUT2D eigenvalue weighted by molar-refractivity contribution is 5.77. The van der Waals surface area contributed by atoms with Crippen molar-refractivity contribution in [3.05, 3.63) is 33.8 Å². The third kappa shape index (κ3) is 2.80. The highest BCUT2D eigenvalue weighted by Gasteiger charge is 2.29. The molecule has 1 atom stereocenters. The normalized spacial score (nSPS) is 12.1. The third-order valence-corrected chi connectivity index (χ3v) is 1.92. The van der Waals surface area contributed by atoms with E-state index in [4.69, 9.17) is 4.42 Å². The number of aryl methyl sites for hydroxylation is 1. The second-order valence-corrected chi connectivity index (χ2v) is 3.04. The number of rotatable bonds is 4. The molecule has 0 aliphatic heterocycles. The van der Waals surface area contributed by atoms with Crippen LogP contribution >= 0.6 is 0 Å². The molecule has 0 bridgehead atoms. The molecule has 1 aromatic heterocycles. The molecule has 15 heavy (non-hydrogen) atoms. The molecule has 0 N–H and O–H groups in total. The van der Waals surface area contributed by atoms with Gasteiger partial charge >= 0.3 is 5.97 Å². The van der Waals surface area contributed by atoms with Crippen molar-refractivity contribution in [2.24, 2.45) is 0 Å². The number of hydrogen-bond acceptors (Lipinski definition) is 5. The molecule has 0 aliphatic carbocycles. The maximum absolute atomic E-state index is 11.3. The van der Waals surface area contributed by atoms with Gasteiger partial charge in [-0.3, -0.25) is 14.9 Å². The van der Waals surface area contributed by atoms with Crippen LogP contribution in [0, 0.1) is 17.0 Å². The Balaban J connectivity index is 2.90. The van der Waals surface area contributed by atoms with Crippen LogP contribution in [-0.2, 0) is 9.53 Å². The van der Waals surface area contributed by atoms with E-state index in [1.54, 1.807) is 19.1 Å². The second-order valence-electron chi connectivity index (χ2n) is 3.04. The second kappa shape index (κ2) is 4.59. The van der Waals surface area contributed by atoms with Crippen molar-refractivity contribution in [1.82, 2.24) is 0 Å². The first kappa shape index (κ1) is 11.2. The fourth-order valence-electron chi connectivity index (χ4n) is 1.21. The lowest BCUT2D eigenvalue weighted by atomic mass is 10.1. The van der Waals surface area contributed by atoms with Crippen LogP contribution in [0.5, 0.6) is 0 Å². The zero-order chi connectivity index (χ0) is 11.4. The van der Waals surface area contributed by atoms with E-state index in [1.165, 1.54) is 7.11 Å². The van der Waals surface area contributed by atoms with Crippen molar-refractivity contribution in [3.8, 4) is 0 Å². The van der Waals surface area contributed by atoms with Gasteiger partial charge in [-0.1, -0.05) is 0 Å². The Morgan fingerprint density at radius 2 is 2.33 bits per heavy atom. The van der Waals surface area contributed by atoms with Gasteiger partial charge in [0.05, 0.1) is 7.11 Å². The molecular weight excluding hydrogens is 202 g/mol. The number of furan rings is 1. The standard InChI is InChI=1S/C9H11NO5/c1-6-3-4-8(15-6)7(5-10(12)13)9(11)14-2/h3-4,7H,5H2,1-2H3. The molecule has 0 aliphatic rings. The van der Waals surface area contributed by atoms with E-state index in [0.717, 1.165) is 0 Å². The minimum absolute atomic E-state index is 0.260. The van der Waals surface area contributed by atoms with E-state index < -0.39 is 23.4 Å². The summed E-state index contributed by atoms with van der Waals surface area (Å²) in [6.07, 6.45) is 0. The zero-order valence-electron chi connectivity index (χ0n) is 8.43. The Bertz CT molecular complexity index is 370. The first-order valence-electron chi connectivity index (χ1n) is 4.30. The fraction of sp³-hybridized carbons (Fsp3) is 0.444. The topological polar surface area (TPSA) is 82.6 Å². The quantitative estimate of drug-likeness (QED) is 0.425. The van der Waals surface area contributed by atoms with Crippen molar-refractivity contribution < 1.29 is 18.9 Å². The van der Waals surface area contributed by atoms with Crippen LogP contribution in [0.4, 0.5) is 0 Å². The number of ether oxygens (including phenoxy) is 1. The minimum atomic E-state index is -0.973. The molecule has 0 saturated carbocycles. The number of nitrogens with zero attached hydrogens (tertiary/aromatic N) is 1. The summed E-state index contributed by atoms with van der Waals surface area (Å²) in [6.45, 7) is 1.17. The van der Waals surface area contributed by atoms with Gasteiger partial charge in [0.1, 0.15) is 11.5 Å². The summed E-state index contributed by atoms with van der Waals surface area (Å²) < 4.78 is 9.64. The molecule has 1 heterocycles. The van der Waals surface area contributed by atoms with Crippen molar-refractivity contribution in [3.63, 3.8) is 0 Å². The van der Waals surface area contributed by atoms with Gasteiger partial charge < -0.3 is 9.15 Å². The molecule has 6 heteroatoms. The van der Waals surface area contributed by atoms with Crippen LogP contribution < -0.4 is 0 Å². The van der Waals surface area contributed by atoms with Crippen molar-refractivity contribution in [2.75, 3.05) is 13.7 Å². The number of hydrogen-bond donors (Lipinski definition) is 0. The largest absolute Gasteiger partial charge is 0.468 e. The maximum Gasteiger partial charge on any atom is 0.323 e. The van der Waals surface area contributed by atoms with E-state index in [2.05, 4.69) is 4.74 Å². The first-order valence-corrected chi connectivity index (χ1v) is 4.30. The minimum Gasteiger partial charge on any atom is -0.468 e. The van der Waals surface area contributed by atoms with Gasteiger partial charge in [0.2, 0.25) is 6.54 Å². The monoisotopic (exact) mass is 213 g/mol. The van der Waals surface area contributed by atoms with E-state index in [9.17, 15) is 14.9 Å². The van der Waals surface area contributed by atoms with Crippen LogP contribution in [0.3, 0.4) is 0 Å². The molecule has 0 radical (unpaired) electrons. The van der Waals surface area contributed by atoms with Crippen LogP contribution in [0.2, 0.25) is 0 Å². The average molecular weight is 213 g/mol. The van der Waals surface area contributed by atoms with Crippen LogP contribution in [-0.4, -0.2) is 24.5 Å². The molecule has 0 amide bonds.